The zero-order valence-electron chi connectivity index (χ0n) is 61.8. The van der Waals surface area contributed by atoms with Gasteiger partial charge in [0.05, 0.1) is 26.2 Å². The highest BCUT2D eigenvalue weighted by molar-refractivity contribution is 5.85. The van der Waals surface area contributed by atoms with Crippen LogP contribution >= 0.6 is 0 Å². The SMILES string of the molecule is C=CC(=O)OCCNC(=O)NCCOC(=O)Oc1ccccc1.C=CC(=O)OCCNC(=O)OCCOC(=O)Oc1ccccc1.C=CC(=O)OCCOC(=O)NCCOC(=O)Oc1ccccc1.C=CC(=O)OCCOC(=O)OCCOC(=O)Nc1ccccc1.C=CC(=O)OCCOC(=O)OCCOC(=O)Oc1ccccc1. The van der Waals surface area contributed by atoms with Crippen molar-refractivity contribution in [2.24, 2.45) is 0 Å². The lowest BCUT2D eigenvalue weighted by Gasteiger charge is -2.08. The Balaban J connectivity index is 0.000000719. The van der Waals surface area contributed by atoms with E-state index in [0.29, 0.717) is 28.7 Å². The highest BCUT2D eigenvalue weighted by atomic mass is 16.8. The molecule has 0 aliphatic rings. The summed E-state index contributed by atoms with van der Waals surface area (Å²) in [6.07, 6.45) is -2.52. The molecule has 0 aliphatic carbocycles. The highest BCUT2D eigenvalue weighted by Gasteiger charge is 2.14. The number of para-hydroxylation sites is 5. The van der Waals surface area contributed by atoms with Crippen molar-refractivity contribution in [1.29, 1.82) is 0 Å². The van der Waals surface area contributed by atoms with E-state index in [0.717, 1.165) is 30.4 Å². The largest absolute Gasteiger partial charge is 0.513 e. The lowest BCUT2D eigenvalue weighted by molar-refractivity contribution is -0.139. The second-order valence-corrected chi connectivity index (χ2v) is 19.7. The van der Waals surface area contributed by atoms with Crippen molar-refractivity contribution in [1.82, 2.24) is 21.3 Å². The summed E-state index contributed by atoms with van der Waals surface area (Å²) < 4.78 is 94.2. The standard InChI is InChI=1S/C15H18N2O6.3C15H17NO7.C15H16O8/c1-2-13(18)21-10-8-16-14(19)17-9-11-22-15(20)23-12-6-4-3-5-7-12;1-2-13(17)20-8-10-22-15(19)23-11-9-21-14(18)16-12-6-4-3-5-7-12;1-2-13(17)20-10-11-21-14(18)16-8-9-22-15(19)23-12-6-4-3-5-7-12;1-2-13(17)20-9-8-16-14(18)21-10-11-22-15(19)23-12-6-4-3-5-7-12;1-2-13(16)19-8-9-20-14(17)21-10-11-22-15(18)23-12-6-4-3-5-7-12/h2-7H,1,8-11H2,(H2,16,17,19);3*2-7H,1,8-11H2,(H,16,18);2-7H,1,8-11H2. The number of carbonyl (C=O) groups excluding carboxylic acids is 15. The van der Waals surface area contributed by atoms with E-state index in [1.807, 2.05) is 6.07 Å². The topological polar surface area (TPSA) is 501 Å². The van der Waals surface area contributed by atoms with Crippen LogP contribution in [0.5, 0.6) is 23.0 Å². The predicted octanol–water partition coefficient (Wildman–Crippen LogP) is 8.75. The first-order chi connectivity index (χ1) is 55.6. The quantitative estimate of drug-likeness (QED) is 0.00804. The van der Waals surface area contributed by atoms with Crippen molar-refractivity contribution in [2.45, 2.75) is 0 Å². The number of hydrogen-bond acceptors (Lipinski definition) is 35. The predicted molar refractivity (Wildman–Crippen MR) is 396 cm³/mol. The molecule has 0 atom stereocenters. The lowest BCUT2D eigenvalue weighted by atomic mass is 10.3. The fourth-order valence-corrected chi connectivity index (χ4v) is 6.46. The van der Waals surface area contributed by atoms with E-state index in [2.05, 4.69) is 102 Å². The van der Waals surface area contributed by atoms with Crippen molar-refractivity contribution in [3.8, 4) is 23.0 Å². The molecule has 620 valence electrons. The zero-order valence-corrected chi connectivity index (χ0v) is 61.8. The van der Waals surface area contributed by atoms with E-state index in [-0.39, 0.29) is 132 Å². The van der Waals surface area contributed by atoms with Crippen molar-refractivity contribution in [2.75, 3.05) is 137 Å². The molecule has 0 saturated carbocycles. The molecule has 5 aromatic rings. The lowest BCUT2D eigenvalue weighted by Crippen LogP contribution is -2.39. The minimum Gasteiger partial charge on any atom is -0.461 e. The summed E-state index contributed by atoms with van der Waals surface area (Å²) in [4.78, 5) is 166. The summed E-state index contributed by atoms with van der Waals surface area (Å²) in [7, 11) is 0. The van der Waals surface area contributed by atoms with Crippen molar-refractivity contribution >= 4 is 96.8 Å². The summed E-state index contributed by atoms with van der Waals surface area (Å²) in [5.74, 6) is -1.54. The van der Waals surface area contributed by atoms with Crippen molar-refractivity contribution in [3.05, 3.63) is 215 Å². The molecule has 0 spiro atoms. The molecule has 0 saturated heterocycles. The normalized spacial score (nSPS) is 9.39. The van der Waals surface area contributed by atoms with Crippen LogP contribution < -0.4 is 45.5 Å². The average molecular weight is 1620 g/mol. The molecule has 0 fully saturated rings. The van der Waals surface area contributed by atoms with Gasteiger partial charge in [-0.15, -0.1) is 0 Å². The van der Waals surface area contributed by atoms with Crippen LogP contribution in [0.3, 0.4) is 0 Å². The molecule has 5 rings (SSSR count). The van der Waals surface area contributed by atoms with E-state index in [9.17, 15) is 71.9 Å². The molecule has 5 N–H and O–H groups in total. The number of ether oxygens (including phenoxy) is 20. The van der Waals surface area contributed by atoms with Gasteiger partial charge >= 0.3 is 91.1 Å². The summed E-state index contributed by atoms with van der Waals surface area (Å²) in [5.41, 5.74) is 0.590. The van der Waals surface area contributed by atoms with Crippen molar-refractivity contribution in [3.63, 3.8) is 0 Å². The molecule has 0 radical (unpaired) electrons. The highest BCUT2D eigenvalue weighted by Crippen LogP contribution is 2.13. The Hall–Kier alpha value is -15.2. The van der Waals surface area contributed by atoms with Gasteiger partial charge in [0.25, 0.3) is 0 Å². The second kappa shape index (κ2) is 65.9. The third-order valence-electron chi connectivity index (χ3n) is 11.3. The number of benzene rings is 5. The Kier molecular flexibility index (Phi) is 56.1. The molecule has 0 bridgehead atoms. The summed E-state index contributed by atoms with van der Waals surface area (Å²) in [5, 5.41) is 12.1. The van der Waals surface area contributed by atoms with Crippen molar-refractivity contribution < 1.29 is 167 Å². The van der Waals surface area contributed by atoms with Gasteiger partial charge in [-0.3, -0.25) is 5.32 Å². The molecule has 115 heavy (non-hydrogen) atoms. The number of rotatable bonds is 40. The van der Waals surface area contributed by atoms with E-state index in [4.69, 9.17) is 52.1 Å². The minimum absolute atomic E-state index is 0.000144. The number of urea groups is 1. The van der Waals surface area contributed by atoms with Crippen LogP contribution in [0.25, 0.3) is 0 Å². The Bertz CT molecular complexity index is 3220. The van der Waals surface area contributed by atoms with Crippen LogP contribution in [0, 0.1) is 0 Å². The molecule has 0 aromatic heterocycles. The zero-order chi connectivity index (χ0) is 84.6. The van der Waals surface area contributed by atoms with Gasteiger partial charge in [0.15, 0.2) is 0 Å². The van der Waals surface area contributed by atoms with Gasteiger partial charge in [-0.25, -0.2) is 71.9 Å². The number of amides is 5. The Labute approximate surface area is 657 Å². The smallest absolute Gasteiger partial charge is 0.461 e. The fourth-order valence-electron chi connectivity index (χ4n) is 6.46. The summed E-state index contributed by atoms with van der Waals surface area (Å²) >= 11 is 0. The molecule has 0 unspecified atom stereocenters. The first-order valence-electron chi connectivity index (χ1n) is 33.5. The summed E-state index contributed by atoms with van der Waals surface area (Å²) in [6, 6.07) is 41.9. The first-order valence-corrected chi connectivity index (χ1v) is 33.5. The van der Waals surface area contributed by atoms with Gasteiger partial charge in [0.1, 0.15) is 129 Å². The van der Waals surface area contributed by atoms with E-state index in [1.54, 1.807) is 146 Å². The maximum atomic E-state index is 11.4. The minimum atomic E-state index is -0.973. The first kappa shape index (κ1) is 97.9. The molecule has 5 amide bonds. The molecular weight excluding hydrogens is 1530 g/mol. The Morgan fingerprint density at radius 1 is 0.226 bits per heavy atom. The Morgan fingerprint density at radius 3 is 0.696 bits per heavy atom. The molecule has 40 heteroatoms. The maximum Gasteiger partial charge on any atom is 0.513 e. The average Bonchev–Trinajstić information content (AvgIpc) is 0.961. The van der Waals surface area contributed by atoms with Crippen LogP contribution in [0.4, 0.5) is 53.6 Å². The van der Waals surface area contributed by atoms with E-state index < -0.39 is 91.1 Å². The monoisotopic (exact) mass is 1620 g/mol. The molecule has 0 aliphatic heterocycles. The molecule has 0 heterocycles. The van der Waals surface area contributed by atoms with E-state index in [1.165, 1.54) is 0 Å². The van der Waals surface area contributed by atoms with Gasteiger partial charge in [0.2, 0.25) is 0 Å². The van der Waals surface area contributed by atoms with Gasteiger partial charge in [-0.05, 0) is 60.7 Å². The number of carbonyl (C=O) groups is 15. The third kappa shape index (κ3) is 59.5. The number of nitrogens with one attached hydrogen (secondary N) is 5. The Morgan fingerprint density at radius 2 is 0.426 bits per heavy atom. The van der Waals surface area contributed by atoms with Crippen LogP contribution in [0.1, 0.15) is 0 Å². The van der Waals surface area contributed by atoms with Crippen LogP contribution in [0.15, 0.2) is 215 Å². The van der Waals surface area contributed by atoms with Crippen LogP contribution in [-0.4, -0.2) is 223 Å². The fraction of sp³-hybridized carbons (Fsp3) is 0.267. The van der Waals surface area contributed by atoms with E-state index >= 15 is 0 Å². The number of anilines is 1. The summed E-state index contributed by atoms with van der Waals surface area (Å²) in [6.45, 7) is 14.8. The number of hydrogen-bond donors (Lipinski definition) is 5. The molecule has 5 aromatic carbocycles. The number of esters is 5. The van der Waals surface area contributed by atoms with Gasteiger partial charge in [-0.2, -0.15) is 0 Å². The van der Waals surface area contributed by atoms with Crippen LogP contribution in [-0.2, 0) is 99.8 Å². The van der Waals surface area contributed by atoms with Gasteiger partial charge in [-0.1, -0.05) is 124 Å². The molecular formula is C75H85N5O35. The van der Waals surface area contributed by atoms with Crippen LogP contribution in [0.2, 0.25) is 0 Å². The van der Waals surface area contributed by atoms with Gasteiger partial charge < -0.3 is 116 Å². The molecule has 40 nitrogen and oxygen atoms in total. The van der Waals surface area contributed by atoms with Gasteiger partial charge in [0, 0.05) is 36.1 Å². The second-order valence-electron chi connectivity index (χ2n) is 19.7. The third-order valence-corrected chi connectivity index (χ3v) is 11.3. The maximum absolute atomic E-state index is 11.4. The number of alkyl carbamates (subject to hydrolysis) is 2.